The number of hydrogen-bond donors (Lipinski definition) is 1. The van der Waals surface area contributed by atoms with E-state index >= 15 is 0 Å². The van der Waals surface area contributed by atoms with Crippen LogP contribution >= 0.6 is 12.4 Å². The average molecular weight is 1190 g/mol. The fraction of sp³-hybridized carbons (Fsp3) is 0.736. The van der Waals surface area contributed by atoms with Crippen LogP contribution in [0.5, 0.6) is 5.88 Å². The molecule has 79 heavy (non-hydrogen) atoms. The van der Waals surface area contributed by atoms with Crippen LogP contribution in [0.4, 0.5) is 28.6 Å². The van der Waals surface area contributed by atoms with Gasteiger partial charge in [0, 0.05) is 50.4 Å². The maximum absolute atomic E-state index is 13.0. The van der Waals surface area contributed by atoms with Gasteiger partial charge in [-0.15, -0.1) is 12.4 Å². The summed E-state index contributed by atoms with van der Waals surface area (Å²) < 4.78 is 94.3. The van der Waals surface area contributed by atoms with Gasteiger partial charge in [-0.2, -0.15) is 36.8 Å². The van der Waals surface area contributed by atoms with Crippen molar-refractivity contribution in [2.24, 2.45) is 0 Å². The number of likely N-dealkylation sites (tertiary alicyclic amines) is 2. The van der Waals surface area contributed by atoms with Crippen molar-refractivity contribution in [3.8, 4) is 5.88 Å². The number of piperidine rings is 2. The Morgan fingerprint density at radius 3 is 1.38 bits per heavy atom. The van der Waals surface area contributed by atoms with Gasteiger partial charge in [0.25, 0.3) is 0 Å². The molecule has 4 fully saturated rings. The van der Waals surface area contributed by atoms with Crippen LogP contribution in [0.15, 0.2) is 24.3 Å². The Balaban J connectivity index is 0.000000269. The van der Waals surface area contributed by atoms with Crippen LogP contribution in [-0.4, -0.2) is 132 Å². The monoisotopic (exact) mass is 1190 g/mol. The highest BCUT2D eigenvalue weighted by Gasteiger charge is 2.49. The summed E-state index contributed by atoms with van der Waals surface area (Å²) in [5.74, 6) is 0.226. The van der Waals surface area contributed by atoms with Gasteiger partial charge >= 0.3 is 27.8 Å². The van der Waals surface area contributed by atoms with Crippen molar-refractivity contribution in [2.45, 2.75) is 213 Å². The summed E-state index contributed by atoms with van der Waals surface area (Å²) >= 11 is 0. The average Bonchev–Trinajstić information content (AvgIpc) is 3.89. The van der Waals surface area contributed by atoms with Gasteiger partial charge in [0.1, 0.15) is 17.0 Å². The van der Waals surface area contributed by atoms with E-state index in [-0.39, 0.29) is 52.6 Å². The number of ether oxygens (including phenoxy) is 2. The van der Waals surface area contributed by atoms with Crippen LogP contribution in [0.2, 0.25) is 36.3 Å². The molecule has 0 aliphatic carbocycles. The topological polar surface area (TPSA) is 197 Å². The van der Waals surface area contributed by atoms with Crippen LogP contribution in [0.3, 0.4) is 0 Å². The maximum Gasteiger partial charge on any atom is 0.534 e. The molecule has 4 aromatic heterocycles. The molecule has 0 bridgehead atoms. The first kappa shape index (κ1) is 65.5. The van der Waals surface area contributed by atoms with Gasteiger partial charge in [0.05, 0.1) is 48.1 Å². The van der Waals surface area contributed by atoms with Crippen molar-refractivity contribution in [1.29, 1.82) is 0 Å². The van der Waals surface area contributed by atoms with Crippen LogP contribution in [0.25, 0.3) is 11.3 Å². The van der Waals surface area contributed by atoms with Gasteiger partial charge in [-0.25, -0.2) is 23.6 Å². The number of anilines is 1. The predicted octanol–water partition coefficient (Wildman–Crippen LogP) is 12.3. The van der Waals surface area contributed by atoms with Crippen LogP contribution in [-0.2, 0) is 41.7 Å². The molecule has 0 saturated carbocycles. The molecule has 0 spiro atoms. The van der Waals surface area contributed by atoms with Crippen molar-refractivity contribution < 1.29 is 53.7 Å². The van der Waals surface area contributed by atoms with Crippen molar-refractivity contribution in [3.63, 3.8) is 0 Å². The molecule has 8 heterocycles. The summed E-state index contributed by atoms with van der Waals surface area (Å²) in [5.41, 5.74) is -3.41. The molecule has 4 saturated heterocycles. The Morgan fingerprint density at radius 1 is 0.620 bits per heavy atom. The van der Waals surface area contributed by atoms with Gasteiger partial charge in [-0.3, -0.25) is 9.80 Å². The molecule has 19 nitrogen and oxygen atoms in total. The zero-order valence-corrected chi connectivity index (χ0v) is 53.1. The normalized spacial score (nSPS) is 18.8. The zero-order valence-electron chi connectivity index (χ0n) is 49.4. The number of fused-ring (bicyclic) bond motifs is 2. The van der Waals surface area contributed by atoms with Gasteiger partial charge < -0.3 is 32.7 Å². The minimum atomic E-state index is -5.95. The van der Waals surface area contributed by atoms with Crippen LogP contribution in [0, 0.1) is 0 Å². The second-order valence-corrected chi connectivity index (χ2v) is 36.9. The number of alkyl halides is 3. The molecule has 0 radical (unpaired) electrons. The second-order valence-electron chi connectivity index (χ2n) is 25.8. The van der Waals surface area contributed by atoms with Gasteiger partial charge in [-0.1, -0.05) is 41.5 Å². The molecule has 2 atom stereocenters. The molecule has 4 aromatic rings. The summed E-state index contributed by atoms with van der Waals surface area (Å²) in [6, 6.07) is 6.19. The highest BCUT2D eigenvalue weighted by atomic mass is 35.5. The summed E-state index contributed by atoms with van der Waals surface area (Å²) in [4.78, 5) is 40.6. The maximum atomic E-state index is 13.0. The Morgan fingerprint density at radius 2 is 1.03 bits per heavy atom. The fourth-order valence-corrected chi connectivity index (χ4v) is 10.5. The predicted molar refractivity (Wildman–Crippen MR) is 306 cm³/mol. The third-order valence-corrected chi connectivity index (χ3v) is 25.0. The molecule has 4 aliphatic rings. The van der Waals surface area contributed by atoms with E-state index in [0.717, 1.165) is 74.1 Å². The molecule has 446 valence electrons. The van der Waals surface area contributed by atoms with Crippen LogP contribution < -0.4 is 14.4 Å². The van der Waals surface area contributed by atoms with Gasteiger partial charge in [0.15, 0.2) is 27.9 Å². The first-order chi connectivity index (χ1) is 35.9. The lowest BCUT2D eigenvalue weighted by Crippen LogP contribution is -2.42. The van der Waals surface area contributed by atoms with E-state index in [1.165, 1.54) is 36.5 Å². The first-order valence-corrected chi connectivity index (χ1v) is 34.6. The highest BCUT2D eigenvalue weighted by Crippen LogP contribution is 2.40. The minimum Gasteiger partial charge on any atom is -0.444 e. The smallest absolute Gasteiger partial charge is 0.444 e. The molecule has 8 rings (SSSR count). The third kappa shape index (κ3) is 16.9. The molecule has 0 unspecified atom stereocenters. The van der Waals surface area contributed by atoms with Gasteiger partial charge in [0.2, 0.25) is 5.88 Å². The largest absolute Gasteiger partial charge is 0.534 e. The third-order valence-electron chi connectivity index (χ3n) is 15.1. The molecular formula is C53H88ClF3N10O9SSi2. The van der Waals surface area contributed by atoms with Crippen molar-refractivity contribution in [2.75, 3.05) is 44.2 Å². The van der Waals surface area contributed by atoms with E-state index in [1.54, 1.807) is 25.7 Å². The quantitative estimate of drug-likeness (QED) is 0.0845. The second kappa shape index (κ2) is 25.1. The lowest BCUT2D eigenvalue weighted by molar-refractivity contribution is -0.0501. The lowest BCUT2D eigenvalue weighted by atomic mass is 10.00. The molecule has 4 aliphatic heterocycles. The Hall–Kier alpha value is -4.28. The number of rotatable bonds is 11. The van der Waals surface area contributed by atoms with E-state index in [2.05, 4.69) is 64.4 Å². The molecule has 2 amide bonds. The summed E-state index contributed by atoms with van der Waals surface area (Å²) in [6.45, 7) is 38.6. The van der Waals surface area contributed by atoms with E-state index in [0.29, 0.717) is 31.8 Å². The standard InChI is InChI=1S/C26H43N5O3Si.C24H37F3N4O6SSi.C3H7N.ClH/c1-25(2,3)34-24(32)30-15-10-9-12-21(30)20-17-23-27-22(29-13-11-14-29)16-19(31(23)28-20)18-33-35(7,8)26(4,5)6;1-22(2,3)36-21(32)30-12-10-9-11-18(30)17-14-19-28-20(37-38(33,34)24(25,26)27)13-16(31(19)29-17)15-35-39(7,8)23(4,5)6;1-2-4-3-1;/h16-17,21H,9-15,18H2,1-8H3;13-14,18H,9-12,15H2,1-8H3;4H,1-3H2;1H/t21-;18-;;/m00../s1. The van der Waals surface area contributed by atoms with E-state index in [9.17, 15) is 31.2 Å². The van der Waals surface area contributed by atoms with E-state index in [4.69, 9.17) is 28.4 Å². The summed E-state index contributed by atoms with van der Waals surface area (Å²) in [5, 5.41) is 12.7. The number of carbonyl (C=O) groups is 2. The molecular weight excluding hydrogens is 1100 g/mol. The van der Waals surface area contributed by atoms with Crippen molar-refractivity contribution in [3.05, 3.63) is 47.0 Å². The van der Waals surface area contributed by atoms with Crippen molar-refractivity contribution >= 4 is 68.5 Å². The fourth-order valence-electron chi connectivity index (χ4n) is 8.18. The number of aromatic nitrogens is 6. The van der Waals surface area contributed by atoms with E-state index in [1.807, 2.05) is 70.1 Å². The summed E-state index contributed by atoms with van der Waals surface area (Å²) in [6.07, 6.45) is 6.92. The minimum absolute atomic E-state index is 0. The zero-order chi connectivity index (χ0) is 58.0. The highest BCUT2D eigenvalue weighted by molar-refractivity contribution is 7.88. The van der Waals surface area contributed by atoms with Crippen LogP contribution in [0.1, 0.15) is 169 Å². The Labute approximate surface area is 474 Å². The van der Waals surface area contributed by atoms with E-state index < -0.39 is 61.5 Å². The lowest BCUT2D eigenvalue weighted by Gasteiger charge is -2.36. The number of nitrogens with one attached hydrogen (secondary N) is 1. The Kier molecular flexibility index (Phi) is 20.8. The molecule has 1 N–H and O–H groups in total. The first-order valence-electron chi connectivity index (χ1n) is 27.4. The number of hydrogen-bond acceptors (Lipinski definition) is 15. The SMILES string of the molecule is C1CNC1.CC(C)(C)OC(=O)N1CCCC[C@H]1c1cc2nc(N3CCC3)cc(CO[Si](C)(C)C(C)(C)C)n2n1.CC(C)(C)OC(=O)N1CCCC[C@H]1c1cc2nc(OS(=O)(=O)C(F)(F)F)cc(CO[Si](C)(C)C(C)(C)C)n2n1.Cl. The number of nitrogens with zero attached hydrogens (tertiary/aromatic N) is 9. The molecule has 0 aromatic carbocycles. The molecule has 26 heteroatoms. The van der Waals surface area contributed by atoms with Gasteiger partial charge in [-0.05, 0) is 142 Å². The number of amides is 2. The summed E-state index contributed by atoms with van der Waals surface area (Å²) in [7, 11) is -10.2. The number of carbonyl (C=O) groups excluding carboxylic acids is 2. The Bertz CT molecular complexity index is 2830. The van der Waals surface area contributed by atoms with Crippen molar-refractivity contribution in [1.82, 2.24) is 44.3 Å². The number of halogens is 4.